The van der Waals surface area contributed by atoms with Crippen LogP contribution < -0.4 is 5.56 Å². The number of H-pyrrole nitrogens is 1. The zero-order valence-corrected chi connectivity index (χ0v) is 12.0. The van der Waals surface area contributed by atoms with Crippen LogP contribution in [0.3, 0.4) is 0 Å². The molecular weight excluding hydrogens is 254 g/mol. The first-order valence-corrected chi connectivity index (χ1v) is 7.42. The third-order valence-corrected chi connectivity index (χ3v) is 4.18. The van der Waals surface area contributed by atoms with Crippen molar-refractivity contribution in [2.45, 2.75) is 57.9 Å². The molecule has 0 radical (unpaired) electrons. The summed E-state index contributed by atoms with van der Waals surface area (Å²) in [5, 5.41) is 15.4. The first kappa shape index (κ1) is 13.2. The summed E-state index contributed by atoms with van der Waals surface area (Å²) in [5.74, 6) is 0.285. The molecule has 0 saturated heterocycles. The van der Waals surface area contributed by atoms with Crippen LogP contribution in [0.2, 0.25) is 0 Å². The Bertz CT molecular complexity index is 678. The molecule has 0 aliphatic heterocycles. The molecule has 3 rings (SSSR count). The molecule has 0 aromatic carbocycles. The number of aromatic nitrogens is 3. The van der Waals surface area contributed by atoms with E-state index in [9.17, 15) is 9.90 Å². The Morgan fingerprint density at radius 1 is 1.35 bits per heavy atom. The van der Waals surface area contributed by atoms with Gasteiger partial charge in [0.25, 0.3) is 5.56 Å². The van der Waals surface area contributed by atoms with Gasteiger partial charge in [0.15, 0.2) is 5.65 Å². The van der Waals surface area contributed by atoms with Crippen LogP contribution in [-0.2, 0) is 0 Å². The van der Waals surface area contributed by atoms with E-state index in [4.69, 9.17) is 0 Å². The normalized spacial score (nSPS) is 17.1. The standard InChI is InChI=1S/C15H21N3O2/c1-9(2)14-13-11(19)8-12(20)16-15(13)17-18(14)10-6-4-3-5-7-10/h8-10,19H,3-7H2,1-2H3,(H,16,17,20). The van der Waals surface area contributed by atoms with Gasteiger partial charge in [-0.05, 0) is 18.8 Å². The quantitative estimate of drug-likeness (QED) is 0.884. The molecule has 0 atom stereocenters. The summed E-state index contributed by atoms with van der Waals surface area (Å²) in [6.45, 7) is 4.20. The predicted octanol–water partition coefficient (Wildman–Crippen LogP) is 3.06. The molecule has 108 valence electrons. The fourth-order valence-corrected chi connectivity index (χ4v) is 3.29. The second kappa shape index (κ2) is 4.96. The molecule has 5 heteroatoms. The molecule has 1 aliphatic carbocycles. The highest BCUT2D eigenvalue weighted by molar-refractivity contribution is 5.84. The summed E-state index contributed by atoms with van der Waals surface area (Å²) >= 11 is 0. The maximum Gasteiger partial charge on any atom is 0.253 e. The second-order valence-electron chi connectivity index (χ2n) is 6.02. The minimum Gasteiger partial charge on any atom is -0.507 e. The van der Waals surface area contributed by atoms with Crippen LogP contribution in [0, 0.1) is 0 Å². The van der Waals surface area contributed by atoms with Crippen LogP contribution in [0.5, 0.6) is 5.75 Å². The second-order valence-corrected chi connectivity index (χ2v) is 6.02. The van der Waals surface area contributed by atoms with E-state index in [-0.39, 0.29) is 17.2 Å². The number of aromatic amines is 1. The third-order valence-electron chi connectivity index (χ3n) is 4.18. The maximum absolute atomic E-state index is 11.5. The fourth-order valence-electron chi connectivity index (χ4n) is 3.29. The summed E-state index contributed by atoms with van der Waals surface area (Å²) in [6.07, 6.45) is 5.98. The predicted molar refractivity (Wildman–Crippen MR) is 78.2 cm³/mol. The van der Waals surface area contributed by atoms with E-state index >= 15 is 0 Å². The lowest BCUT2D eigenvalue weighted by Gasteiger charge is -2.25. The van der Waals surface area contributed by atoms with Crippen LogP contribution in [0.15, 0.2) is 10.9 Å². The van der Waals surface area contributed by atoms with Crippen molar-refractivity contribution in [1.82, 2.24) is 14.8 Å². The molecule has 1 fully saturated rings. The Balaban J connectivity index is 2.23. The van der Waals surface area contributed by atoms with E-state index in [1.807, 2.05) is 4.68 Å². The van der Waals surface area contributed by atoms with Gasteiger partial charge >= 0.3 is 0 Å². The molecule has 0 unspecified atom stereocenters. The van der Waals surface area contributed by atoms with E-state index in [1.165, 1.54) is 25.3 Å². The zero-order chi connectivity index (χ0) is 14.3. The first-order valence-electron chi connectivity index (χ1n) is 7.42. The van der Waals surface area contributed by atoms with Crippen LogP contribution in [0.1, 0.15) is 63.6 Å². The van der Waals surface area contributed by atoms with Gasteiger partial charge in [0, 0.05) is 6.07 Å². The summed E-state index contributed by atoms with van der Waals surface area (Å²) in [7, 11) is 0. The van der Waals surface area contributed by atoms with E-state index in [0.29, 0.717) is 17.1 Å². The first-order chi connectivity index (χ1) is 9.58. The highest BCUT2D eigenvalue weighted by Gasteiger charge is 2.24. The van der Waals surface area contributed by atoms with E-state index < -0.39 is 0 Å². The number of nitrogens with zero attached hydrogens (tertiary/aromatic N) is 2. The topological polar surface area (TPSA) is 70.9 Å². The van der Waals surface area contributed by atoms with Crippen molar-refractivity contribution < 1.29 is 5.11 Å². The fraction of sp³-hybridized carbons (Fsp3) is 0.600. The number of fused-ring (bicyclic) bond motifs is 1. The number of hydrogen-bond acceptors (Lipinski definition) is 3. The number of aromatic hydroxyl groups is 1. The molecule has 2 aromatic heterocycles. The monoisotopic (exact) mass is 275 g/mol. The summed E-state index contributed by atoms with van der Waals surface area (Å²) < 4.78 is 2.05. The lowest BCUT2D eigenvalue weighted by molar-refractivity contribution is 0.321. The van der Waals surface area contributed by atoms with Crippen molar-refractivity contribution in [2.24, 2.45) is 0 Å². The van der Waals surface area contributed by atoms with E-state index in [2.05, 4.69) is 23.9 Å². The largest absolute Gasteiger partial charge is 0.507 e. The molecule has 20 heavy (non-hydrogen) atoms. The van der Waals surface area contributed by atoms with Crippen molar-refractivity contribution in [3.8, 4) is 5.75 Å². The average Bonchev–Trinajstić information content (AvgIpc) is 2.79. The highest BCUT2D eigenvalue weighted by atomic mass is 16.3. The van der Waals surface area contributed by atoms with Crippen LogP contribution in [0.25, 0.3) is 11.0 Å². The van der Waals surface area contributed by atoms with Crippen molar-refractivity contribution in [3.05, 3.63) is 22.1 Å². The van der Waals surface area contributed by atoms with Crippen molar-refractivity contribution in [1.29, 1.82) is 0 Å². The Morgan fingerprint density at radius 3 is 2.70 bits per heavy atom. The van der Waals surface area contributed by atoms with Gasteiger partial charge in [-0.2, -0.15) is 5.10 Å². The molecule has 1 aliphatic rings. The minimum absolute atomic E-state index is 0.0366. The molecule has 0 bridgehead atoms. The van der Waals surface area contributed by atoms with Crippen molar-refractivity contribution in [3.63, 3.8) is 0 Å². The molecule has 1 saturated carbocycles. The van der Waals surface area contributed by atoms with E-state index in [1.54, 1.807) is 0 Å². The van der Waals surface area contributed by atoms with Gasteiger partial charge in [0.1, 0.15) is 5.75 Å². The molecule has 2 heterocycles. The van der Waals surface area contributed by atoms with Gasteiger partial charge in [0.2, 0.25) is 0 Å². The van der Waals surface area contributed by atoms with Crippen LogP contribution in [0.4, 0.5) is 0 Å². The molecule has 0 spiro atoms. The van der Waals surface area contributed by atoms with E-state index in [0.717, 1.165) is 18.5 Å². The summed E-state index contributed by atoms with van der Waals surface area (Å²) in [6, 6.07) is 1.62. The maximum atomic E-state index is 11.5. The zero-order valence-electron chi connectivity index (χ0n) is 12.0. The number of hydrogen-bond donors (Lipinski definition) is 2. The van der Waals surface area contributed by atoms with Crippen LogP contribution in [-0.4, -0.2) is 19.9 Å². The summed E-state index contributed by atoms with van der Waals surface area (Å²) in [4.78, 5) is 14.2. The van der Waals surface area contributed by atoms with Gasteiger partial charge < -0.3 is 10.1 Å². The molecule has 2 N–H and O–H groups in total. The lowest BCUT2D eigenvalue weighted by Crippen LogP contribution is -2.17. The van der Waals surface area contributed by atoms with Crippen molar-refractivity contribution >= 4 is 11.0 Å². The van der Waals surface area contributed by atoms with Gasteiger partial charge in [-0.3, -0.25) is 9.48 Å². The number of rotatable bonds is 2. The SMILES string of the molecule is CC(C)c1c2c(O)cc(=O)[nH]c2nn1C1CCCCC1. The Hall–Kier alpha value is -1.78. The molecular formula is C15H21N3O2. The highest BCUT2D eigenvalue weighted by Crippen LogP contribution is 2.36. The van der Waals surface area contributed by atoms with Gasteiger partial charge in [0.05, 0.1) is 17.1 Å². The van der Waals surface area contributed by atoms with Crippen LogP contribution >= 0.6 is 0 Å². The van der Waals surface area contributed by atoms with Gasteiger partial charge in [-0.15, -0.1) is 0 Å². The lowest BCUT2D eigenvalue weighted by atomic mass is 9.94. The Kier molecular flexibility index (Phi) is 3.28. The summed E-state index contributed by atoms with van der Waals surface area (Å²) in [5.41, 5.74) is 1.23. The Labute approximate surface area is 117 Å². The number of pyridine rings is 1. The Morgan fingerprint density at radius 2 is 2.05 bits per heavy atom. The van der Waals surface area contributed by atoms with Gasteiger partial charge in [-0.1, -0.05) is 33.1 Å². The molecule has 2 aromatic rings. The van der Waals surface area contributed by atoms with Gasteiger partial charge in [-0.25, -0.2) is 0 Å². The third kappa shape index (κ3) is 2.11. The van der Waals surface area contributed by atoms with Crippen molar-refractivity contribution in [2.75, 3.05) is 0 Å². The smallest absolute Gasteiger partial charge is 0.253 e. The molecule has 0 amide bonds. The number of nitrogens with one attached hydrogen (secondary N) is 1. The average molecular weight is 275 g/mol. The minimum atomic E-state index is -0.307. The molecule has 5 nitrogen and oxygen atoms in total.